The number of nitrogens with zero attached hydrogens (tertiary/aromatic N) is 1. The van der Waals surface area contributed by atoms with Crippen LogP contribution in [0.15, 0.2) is 78.5 Å². The lowest BCUT2D eigenvalue weighted by atomic mass is 10.0. The average molecular weight is 400 g/mol. The molecular weight excluding hydrogens is 379 g/mol. The van der Waals surface area contributed by atoms with E-state index in [1.165, 1.54) is 29.8 Å². The first-order valence-electron chi connectivity index (χ1n) is 9.79. The summed E-state index contributed by atoms with van der Waals surface area (Å²) >= 11 is 0. The minimum absolute atomic E-state index is 0.177. The van der Waals surface area contributed by atoms with Gasteiger partial charge in [-0.25, -0.2) is 9.29 Å². The topological polar surface area (TPSA) is 49.4 Å². The van der Waals surface area contributed by atoms with Crippen LogP contribution in [0.4, 0.5) is 15.8 Å². The number of hydrogen-bond donors (Lipinski definition) is 1. The maximum atomic E-state index is 13.4. The van der Waals surface area contributed by atoms with Crippen LogP contribution in [0.3, 0.4) is 0 Å². The number of benzene rings is 3. The van der Waals surface area contributed by atoms with Crippen LogP contribution in [-0.2, 0) is 16.0 Å². The molecule has 0 saturated carbocycles. The zero-order valence-electron chi connectivity index (χ0n) is 16.8. The lowest BCUT2D eigenvalue weighted by Gasteiger charge is -2.15. The predicted octanol–water partition coefficient (Wildman–Crippen LogP) is 5.09. The second-order valence-electron chi connectivity index (χ2n) is 7.21. The molecule has 0 saturated heterocycles. The lowest BCUT2D eigenvalue weighted by molar-refractivity contribution is -0.120. The molecule has 3 aromatic carbocycles. The fourth-order valence-corrected chi connectivity index (χ4v) is 3.43. The highest BCUT2D eigenvalue weighted by Crippen LogP contribution is 2.34. The van der Waals surface area contributed by atoms with Gasteiger partial charge in [0, 0.05) is 5.69 Å². The predicted molar refractivity (Wildman–Crippen MR) is 116 cm³/mol. The van der Waals surface area contributed by atoms with Gasteiger partial charge in [-0.05, 0) is 60.9 Å². The quantitative estimate of drug-likeness (QED) is 0.607. The fraction of sp³-hybridized carbons (Fsp3) is 0.120. The molecule has 5 heteroatoms. The molecule has 3 aromatic rings. The first-order chi connectivity index (χ1) is 14.5. The summed E-state index contributed by atoms with van der Waals surface area (Å²) in [6.45, 7) is 4.00. The monoisotopic (exact) mass is 400 g/mol. The molecule has 0 atom stereocenters. The zero-order chi connectivity index (χ0) is 21.3. The van der Waals surface area contributed by atoms with E-state index in [-0.39, 0.29) is 11.3 Å². The Labute approximate surface area is 174 Å². The van der Waals surface area contributed by atoms with E-state index in [9.17, 15) is 14.0 Å². The average Bonchev–Trinajstić information content (AvgIpc) is 3.00. The summed E-state index contributed by atoms with van der Waals surface area (Å²) < 4.78 is 13.4. The van der Waals surface area contributed by atoms with Crippen LogP contribution in [0.25, 0.3) is 5.57 Å². The molecule has 1 aliphatic heterocycles. The lowest BCUT2D eigenvalue weighted by Crippen LogP contribution is -2.32. The third kappa shape index (κ3) is 3.62. The molecule has 0 aliphatic carbocycles. The van der Waals surface area contributed by atoms with Gasteiger partial charge in [-0.3, -0.25) is 9.59 Å². The van der Waals surface area contributed by atoms with Crippen LogP contribution in [0.1, 0.15) is 23.6 Å². The number of rotatable bonds is 5. The Balaban J connectivity index is 1.78. The van der Waals surface area contributed by atoms with Gasteiger partial charge in [0.15, 0.2) is 0 Å². The minimum atomic E-state index is -0.442. The third-order valence-corrected chi connectivity index (χ3v) is 5.14. The molecule has 30 heavy (non-hydrogen) atoms. The van der Waals surface area contributed by atoms with Crippen molar-refractivity contribution in [2.24, 2.45) is 0 Å². The smallest absolute Gasteiger partial charge is 0.282 e. The Morgan fingerprint density at radius 1 is 0.833 bits per heavy atom. The van der Waals surface area contributed by atoms with Crippen molar-refractivity contribution in [1.82, 2.24) is 0 Å². The van der Waals surface area contributed by atoms with Crippen LogP contribution >= 0.6 is 0 Å². The standard InChI is InChI=1S/C25H21FN2O2/c1-3-17-6-12-20(13-7-17)27-23-22(18-8-10-19(26)11-9-18)24(29)28(25(23)30)21-14-4-16(2)5-15-21/h4-15,27H,3H2,1-2H3. The molecule has 0 radical (unpaired) electrons. The van der Waals surface area contributed by atoms with Gasteiger partial charge in [0.05, 0.1) is 11.3 Å². The summed E-state index contributed by atoms with van der Waals surface area (Å²) in [6.07, 6.45) is 0.905. The van der Waals surface area contributed by atoms with Crippen molar-refractivity contribution in [3.63, 3.8) is 0 Å². The van der Waals surface area contributed by atoms with Crippen molar-refractivity contribution in [3.05, 3.63) is 101 Å². The van der Waals surface area contributed by atoms with Crippen LogP contribution in [-0.4, -0.2) is 11.8 Å². The number of carbonyl (C=O) groups is 2. The van der Waals surface area contributed by atoms with Crippen LogP contribution in [0.2, 0.25) is 0 Å². The molecule has 0 spiro atoms. The largest absolute Gasteiger partial charge is 0.350 e. The minimum Gasteiger partial charge on any atom is -0.350 e. The van der Waals surface area contributed by atoms with E-state index in [1.54, 1.807) is 12.1 Å². The van der Waals surface area contributed by atoms with Crippen molar-refractivity contribution >= 4 is 28.8 Å². The normalized spacial score (nSPS) is 13.9. The van der Waals surface area contributed by atoms with Crippen molar-refractivity contribution in [1.29, 1.82) is 0 Å². The summed E-state index contributed by atoms with van der Waals surface area (Å²) in [6, 6.07) is 20.5. The van der Waals surface area contributed by atoms with Gasteiger partial charge in [-0.2, -0.15) is 0 Å². The van der Waals surface area contributed by atoms with Gasteiger partial charge in [0.2, 0.25) is 0 Å². The maximum absolute atomic E-state index is 13.4. The highest BCUT2D eigenvalue weighted by molar-refractivity contribution is 6.46. The van der Waals surface area contributed by atoms with Gasteiger partial charge in [-0.1, -0.05) is 48.9 Å². The van der Waals surface area contributed by atoms with Crippen molar-refractivity contribution < 1.29 is 14.0 Å². The maximum Gasteiger partial charge on any atom is 0.282 e. The SMILES string of the molecule is CCc1ccc(NC2=C(c3ccc(F)cc3)C(=O)N(c3ccc(C)cc3)C2=O)cc1. The van der Waals surface area contributed by atoms with E-state index in [2.05, 4.69) is 12.2 Å². The molecule has 0 fully saturated rings. The summed E-state index contributed by atoms with van der Waals surface area (Å²) in [4.78, 5) is 27.7. The molecule has 150 valence electrons. The van der Waals surface area contributed by atoms with Gasteiger partial charge in [-0.15, -0.1) is 0 Å². The first-order valence-corrected chi connectivity index (χ1v) is 9.79. The van der Waals surface area contributed by atoms with Gasteiger partial charge >= 0.3 is 0 Å². The number of anilines is 2. The molecule has 4 rings (SSSR count). The van der Waals surface area contributed by atoms with E-state index in [4.69, 9.17) is 0 Å². The van der Waals surface area contributed by atoms with Gasteiger partial charge in [0.1, 0.15) is 11.5 Å². The number of aryl methyl sites for hydroxylation is 2. The summed E-state index contributed by atoms with van der Waals surface area (Å²) in [5, 5.41) is 3.12. The number of imide groups is 1. The second kappa shape index (κ2) is 7.95. The Morgan fingerprint density at radius 3 is 2.07 bits per heavy atom. The Bertz CT molecular complexity index is 1130. The molecule has 4 nitrogen and oxygen atoms in total. The second-order valence-corrected chi connectivity index (χ2v) is 7.21. The van der Waals surface area contributed by atoms with Gasteiger partial charge in [0.25, 0.3) is 11.8 Å². The Morgan fingerprint density at radius 2 is 1.47 bits per heavy atom. The molecule has 1 N–H and O–H groups in total. The number of carbonyl (C=O) groups excluding carboxylic acids is 2. The van der Waals surface area contributed by atoms with Crippen molar-refractivity contribution in [2.45, 2.75) is 20.3 Å². The van der Waals surface area contributed by atoms with E-state index in [0.717, 1.165) is 16.9 Å². The molecule has 2 amide bonds. The summed E-state index contributed by atoms with van der Waals surface area (Å²) in [5.41, 5.74) is 4.28. The van der Waals surface area contributed by atoms with Crippen LogP contribution < -0.4 is 10.2 Å². The van der Waals surface area contributed by atoms with Crippen LogP contribution in [0, 0.1) is 12.7 Å². The third-order valence-electron chi connectivity index (χ3n) is 5.14. The van der Waals surface area contributed by atoms with E-state index in [1.807, 2.05) is 43.3 Å². The molecule has 1 aliphatic rings. The number of hydrogen-bond acceptors (Lipinski definition) is 3. The number of halogens is 1. The van der Waals surface area contributed by atoms with Crippen molar-refractivity contribution in [3.8, 4) is 0 Å². The van der Waals surface area contributed by atoms with E-state index >= 15 is 0 Å². The van der Waals surface area contributed by atoms with Gasteiger partial charge < -0.3 is 5.32 Å². The Hall–Kier alpha value is -3.73. The molecule has 1 heterocycles. The molecule has 0 unspecified atom stereocenters. The number of amides is 2. The van der Waals surface area contributed by atoms with Crippen LogP contribution in [0.5, 0.6) is 0 Å². The van der Waals surface area contributed by atoms with Crippen molar-refractivity contribution in [2.75, 3.05) is 10.2 Å². The molecule has 0 bridgehead atoms. The molecule has 0 aromatic heterocycles. The van der Waals surface area contributed by atoms with E-state index in [0.29, 0.717) is 16.9 Å². The zero-order valence-corrected chi connectivity index (χ0v) is 16.8. The first kappa shape index (κ1) is 19.6. The molecular formula is C25H21FN2O2. The Kier molecular flexibility index (Phi) is 5.19. The summed E-state index contributed by atoms with van der Waals surface area (Å²) in [5.74, 6) is -1.29. The fourth-order valence-electron chi connectivity index (χ4n) is 3.43. The highest BCUT2D eigenvalue weighted by Gasteiger charge is 2.40. The number of nitrogens with one attached hydrogen (secondary N) is 1. The highest BCUT2D eigenvalue weighted by atomic mass is 19.1. The summed E-state index contributed by atoms with van der Waals surface area (Å²) in [7, 11) is 0. The van der Waals surface area contributed by atoms with E-state index < -0.39 is 17.6 Å².